The van der Waals surface area contributed by atoms with Gasteiger partial charge in [-0.2, -0.15) is 0 Å². The van der Waals surface area contributed by atoms with Gasteiger partial charge in [-0.05, 0) is 24.3 Å². The molecule has 0 unspecified atom stereocenters. The van der Waals surface area contributed by atoms with Crippen LogP contribution in [0.15, 0.2) is 58.5 Å². The number of nitrogens with zero attached hydrogens (tertiary/aromatic N) is 2. The SMILES string of the molecule is O=C(c1csc(-c2ccco2)n1)N1CC[C@@H](Oc2ccccc2)C1. The Kier molecular flexibility index (Phi) is 4.04. The lowest BCUT2D eigenvalue weighted by molar-refractivity contribution is 0.0767. The molecule has 0 saturated carbocycles. The van der Waals surface area contributed by atoms with Crippen LogP contribution in [-0.4, -0.2) is 35.0 Å². The number of carbonyl (C=O) groups excluding carboxylic acids is 1. The second-order valence-electron chi connectivity index (χ2n) is 5.61. The second kappa shape index (κ2) is 6.49. The molecule has 122 valence electrons. The van der Waals surface area contributed by atoms with Gasteiger partial charge in [-0.15, -0.1) is 11.3 Å². The molecule has 1 saturated heterocycles. The molecular weight excluding hydrogens is 324 g/mol. The molecule has 3 heterocycles. The van der Waals surface area contributed by atoms with Gasteiger partial charge in [0.2, 0.25) is 0 Å². The topological polar surface area (TPSA) is 55.6 Å². The quantitative estimate of drug-likeness (QED) is 0.727. The molecule has 24 heavy (non-hydrogen) atoms. The molecule has 1 aromatic carbocycles. The van der Waals surface area contributed by atoms with Crippen molar-refractivity contribution < 1.29 is 13.9 Å². The first-order chi connectivity index (χ1) is 11.8. The van der Waals surface area contributed by atoms with E-state index in [4.69, 9.17) is 9.15 Å². The van der Waals surface area contributed by atoms with Gasteiger partial charge < -0.3 is 14.1 Å². The Labute approximate surface area is 143 Å². The number of rotatable bonds is 4. The maximum Gasteiger partial charge on any atom is 0.273 e. The molecule has 1 aliphatic heterocycles. The summed E-state index contributed by atoms with van der Waals surface area (Å²) in [5.74, 6) is 1.47. The number of furan rings is 1. The van der Waals surface area contributed by atoms with E-state index in [0.29, 0.717) is 24.5 Å². The first-order valence-corrected chi connectivity index (χ1v) is 8.68. The molecule has 0 bridgehead atoms. The van der Waals surface area contributed by atoms with Crippen LogP contribution in [0.5, 0.6) is 5.75 Å². The molecule has 1 aliphatic rings. The van der Waals surface area contributed by atoms with Crippen molar-refractivity contribution in [2.45, 2.75) is 12.5 Å². The molecule has 0 N–H and O–H groups in total. The molecule has 3 aromatic rings. The molecule has 6 heteroatoms. The van der Waals surface area contributed by atoms with Crippen molar-refractivity contribution >= 4 is 17.2 Å². The van der Waals surface area contributed by atoms with E-state index in [1.807, 2.05) is 42.5 Å². The molecule has 1 fully saturated rings. The zero-order valence-corrected chi connectivity index (χ0v) is 13.7. The molecular formula is C18H16N2O3S. The van der Waals surface area contributed by atoms with Crippen molar-refractivity contribution in [3.8, 4) is 16.5 Å². The largest absolute Gasteiger partial charge is 0.489 e. The maximum absolute atomic E-state index is 12.6. The van der Waals surface area contributed by atoms with Crippen molar-refractivity contribution in [1.29, 1.82) is 0 Å². The van der Waals surface area contributed by atoms with Gasteiger partial charge in [0, 0.05) is 18.3 Å². The molecule has 0 radical (unpaired) electrons. The average Bonchev–Trinajstić information content (AvgIpc) is 3.36. The van der Waals surface area contributed by atoms with Crippen LogP contribution in [-0.2, 0) is 0 Å². The van der Waals surface area contributed by atoms with Crippen LogP contribution >= 0.6 is 11.3 Å². The smallest absolute Gasteiger partial charge is 0.273 e. The third kappa shape index (κ3) is 3.05. The van der Waals surface area contributed by atoms with Crippen molar-refractivity contribution in [3.63, 3.8) is 0 Å². The number of ether oxygens (including phenoxy) is 1. The fraction of sp³-hybridized carbons (Fsp3) is 0.222. The Hall–Kier alpha value is -2.60. The predicted molar refractivity (Wildman–Crippen MR) is 91.2 cm³/mol. The summed E-state index contributed by atoms with van der Waals surface area (Å²) < 4.78 is 11.3. The lowest BCUT2D eigenvalue weighted by Gasteiger charge is -2.16. The van der Waals surface area contributed by atoms with E-state index < -0.39 is 0 Å². The number of hydrogen-bond acceptors (Lipinski definition) is 5. The second-order valence-corrected chi connectivity index (χ2v) is 6.47. The molecule has 5 nitrogen and oxygen atoms in total. The van der Waals surface area contributed by atoms with Crippen LogP contribution in [0.2, 0.25) is 0 Å². The minimum Gasteiger partial charge on any atom is -0.489 e. The van der Waals surface area contributed by atoms with E-state index in [1.165, 1.54) is 11.3 Å². The number of hydrogen-bond donors (Lipinski definition) is 0. The summed E-state index contributed by atoms with van der Waals surface area (Å²) in [7, 11) is 0. The first kappa shape index (κ1) is 15.0. The van der Waals surface area contributed by atoms with Crippen LogP contribution in [0.1, 0.15) is 16.9 Å². The van der Waals surface area contributed by atoms with Crippen LogP contribution < -0.4 is 4.74 Å². The van der Waals surface area contributed by atoms with E-state index in [2.05, 4.69) is 4.98 Å². The predicted octanol–water partition coefficient (Wildman–Crippen LogP) is 3.70. The zero-order valence-electron chi connectivity index (χ0n) is 12.9. The zero-order chi connectivity index (χ0) is 16.4. The minimum absolute atomic E-state index is 0.0273. The van der Waals surface area contributed by atoms with Gasteiger partial charge in [0.15, 0.2) is 10.8 Å². The van der Waals surface area contributed by atoms with Gasteiger partial charge in [0.1, 0.15) is 17.5 Å². The molecule has 0 spiro atoms. The van der Waals surface area contributed by atoms with Gasteiger partial charge in [-0.1, -0.05) is 18.2 Å². The van der Waals surface area contributed by atoms with Gasteiger partial charge >= 0.3 is 0 Å². The number of carbonyl (C=O) groups is 1. The summed E-state index contributed by atoms with van der Waals surface area (Å²) >= 11 is 1.41. The number of aromatic nitrogens is 1. The van der Waals surface area contributed by atoms with E-state index >= 15 is 0 Å². The van der Waals surface area contributed by atoms with E-state index in [1.54, 1.807) is 16.5 Å². The summed E-state index contributed by atoms with van der Waals surface area (Å²) in [5, 5.41) is 2.51. The van der Waals surface area contributed by atoms with Crippen molar-refractivity contribution in [3.05, 3.63) is 59.8 Å². The Morgan fingerprint density at radius 3 is 2.92 bits per heavy atom. The monoisotopic (exact) mass is 340 g/mol. The number of benzene rings is 1. The highest BCUT2D eigenvalue weighted by atomic mass is 32.1. The number of amides is 1. The fourth-order valence-corrected chi connectivity index (χ4v) is 3.51. The lowest BCUT2D eigenvalue weighted by Crippen LogP contribution is -2.31. The van der Waals surface area contributed by atoms with Crippen molar-refractivity contribution in [1.82, 2.24) is 9.88 Å². The Morgan fingerprint density at radius 1 is 1.25 bits per heavy atom. The highest BCUT2D eigenvalue weighted by Gasteiger charge is 2.29. The number of likely N-dealkylation sites (tertiary alicyclic amines) is 1. The first-order valence-electron chi connectivity index (χ1n) is 7.80. The van der Waals surface area contributed by atoms with Crippen LogP contribution in [0, 0.1) is 0 Å². The average molecular weight is 340 g/mol. The van der Waals surface area contributed by atoms with Crippen LogP contribution in [0.4, 0.5) is 0 Å². The van der Waals surface area contributed by atoms with Crippen molar-refractivity contribution in [2.75, 3.05) is 13.1 Å². The van der Waals surface area contributed by atoms with Gasteiger partial charge in [-0.3, -0.25) is 4.79 Å². The molecule has 0 aliphatic carbocycles. The highest BCUT2D eigenvalue weighted by molar-refractivity contribution is 7.13. The maximum atomic E-state index is 12.6. The number of thiazole rings is 1. The van der Waals surface area contributed by atoms with E-state index in [9.17, 15) is 4.79 Å². The summed E-state index contributed by atoms with van der Waals surface area (Å²) in [6, 6.07) is 13.4. The molecule has 1 atom stereocenters. The molecule has 1 amide bonds. The summed E-state index contributed by atoms with van der Waals surface area (Å²) in [6.45, 7) is 1.27. The van der Waals surface area contributed by atoms with Gasteiger partial charge in [-0.25, -0.2) is 4.98 Å². The lowest BCUT2D eigenvalue weighted by atomic mass is 10.3. The standard InChI is InChI=1S/C18H16N2O3S/c21-18(15-12-24-17(19-15)16-7-4-10-22-16)20-9-8-14(11-20)23-13-5-2-1-3-6-13/h1-7,10,12,14H,8-9,11H2/t14-/m1/s1. The Morgan fingerprint density at radius 2 is 2.12 bits per heavy atom. The minimum atomic E-state index is -0.0526. The van der Waals surface area contributed by atoms with Gasteiger partial charge in [0.25, 0.3) is 5.91 Å². The summed E-state index contributed by atoms with van der Waals surface area (Å²) in [4.78, 5) is 18.8. The summed E-state index contributed by atoms with van der Waals surface area (Å²) in [5.41, 5.74) is 0.465. The third-order valence-corrected chi connectivity index (χ3v) is 4.79. The molecule has 4 rings (SSSR count). The fourth-order valence-electron chi connectivity index (χ4n) is 2.75. The third-order valence-electron chi connectivity index (χ3n) is 3.93. The number of para-hydroxylation sites is 1. The van der Waals surface area contributed by atoms with Crippen molar-refractivity contribution in [2.24, 2.45) is 0 Å². The molecule has 2 aromatic heterocycles. The normalized spacial score (nSPS) is 17.2. The summed E-state index contributed by atoms with van der Waals surface area (Å²) in [6.07, 6.45) is 2.46. The van der Waals surface area contributed by atoms with Gasteiger partial charge in [0.05, 0.1) is 12.8 Å². The Balaban J connectivity index is 1.41. The van der Waals surface area contributed by atoms with Crippen LogP contribution in [0.3, 0.4) is 0 Å². The van der Waals surface area contributed by atoms with Crippen LogP contribution in [0.25, 0.3) is 10.8 Å². The van der Waals surface area contributed by atoms with E-state index in [-0.39, 0.29) is 12.0 Å². The highest BCUT2D eigenvalue weighted by Crippen LogP contribution is 2.25. The Bertz CT molecular complexity index is 814. The van der Waals surface area contributed by atoms with E-state index in [0.717, 1.165) is 17.2 Å².